The van der Waals surface area contributed by atoms with Gasteiger partial charge in [0.25, 0.3) is 0 Å². The standard InChI is InChI=1S/C8H12O/c1-6-3-4-7(2)8(9)5-6/h3,7H,4-5H2,1-2H3. The quantitative estimate of drug-likeness (QED) is 0.451. The molecule has 0 amide bonds. The molecule has 9 heavy (non-hydrogen) atoms. The monoisotopic (exact) mass is 124 g/mol. The van der Waals surface area contributed by atoms with Gasteiger partial charge in [-0.15, -0.1) is 0 Å². The Bertz CT molecular complexity index is 156. The highest BCUT2D eigenvalue weighted by molar-refractivity contribution is 5.84. The van der Waals surface area contributed by atoms with Crippen LogP contribution in [0.3, 0.4) is 0 Å². The number of ketones is 1. The normalized spacial score (nSPS) is 28.0. The van der Waals surface area contributed by atoms with Crippen molar-refractivity contribution in [2.45, 2.75) is 26.7 Å². The van der Waals surface area contributed by atoms with Crippen molar-refractivity contribution in [2.75, 3.05) is 0 Å². The number of carbonyl (C=O) groups is 1. The van der Waals surface area contributed by atoms with Gasteiger partial charge >= 0.3 is 0 Å². The Kier molecular flexibility index (Phi) is 1.70. The molecule has 0 aromatic carbocycles. The maximum atomic E-state index is 11.0. The van der Waals surface area contributed by atoms with Gasteiger partial charge in [-0.3, -0.25) is 4.79 Å². The smallest absolute Gasteiger partial charge is 0.140 e. The van der Waals surface area contributed by atoms with Crippen LogP contribution in [0.15, 0.2) is 11.6 Å². The number of allylic oxidation sites excluding steroid dienone is 2. The van der Waals surface area contributed by atoms with Crippen molar-refractivity contribution in [3.63, 3.8) is 0 Å². The number of hydrogen-bond donors (Lipinski definition) is 0. The largest absolute Gasteiger partial charge is 0.299 e. The summed E-state index contributed by atoms with van der Waals surface area (Å²) >= 11 is 0. The van der Waals surface area contributed by atoms with Crippen molar-refractivity contribution in [3.8, 4) is 0 Å². The van der Waals surface area contributed by atoms with Crippen LogP contribution in [0.5, 0.6) is 0 Å². The topological polar surface area (TPSA) is 17.1 Å². The van der Waals surface area contributed by atoms with E-state index in [0.29, 0.717) is 12.2 Å². The van der Waals surface area contributed by atoms with E-state index in [1.807, 2.05) is 13.8 Å². The third kappa shape index (κ3) is 1.41. The summed E-state index contributed by atoms with van der Waals surface area (Å²) in [5, 5.41) is 0. The molecule has 0 bridgehead atoms. The highest BCUT2D eigenvalue weighted by Gasteiger charge is 2.15. The lowest BCUT2D eigenvalue weighted by Gasteiger charge is -2.13. The molecule has 1 atom stereocenters. The second-order valence-corrected chi connectivity index (χ2v) is 2.83. The molecular formula is C8H12O. The number of hydrogen-bond acceptors (Lipinski definition) is 1. The SMILES string of the molecule is CC1=CCC(C)C(=O)C1. The summed E-state index contributed by atoms with van der Waals surface area (Å²) in [7, 11) is 0. The van der Waals surface area contributed by atoms with Crippen LogP contribution in [0.1, 0.15) is 26.7 Å². The molecule has 0 N–H and O–H groups in total. The van der Waals surface area contributed by atoms with Gasteiger partial charge in [0.2, 0.25) is 0 Å². The molecule has 0 saturated carbocycles. The first-order valence-electron chi connectivity index (χ1n) is 3.38. The molecule has 1 unspecified atom stereocenters. The minimum Gasteiger partial charge on any atom is -0.299 e. The Morgan fingerprint density at radius 2 is 2.33 bits per heavy atom. The molecule has 1 aliphatic rings. The average Bonchev–Trinajstić information content (AvgIpc) is 1.80. The van der Waals surface area contributed by atoms with Gasteiger partial charge in [0.15, 0.2) is 0 Å². The summed E-state index contributed by atoms with van der Waals surface area (Å²) in [5.74, 6) is 0.670. The van der Waals surface area contributed by atoms with Crippen LogP contribution in [-0.4, -0.2) is 5.78 Å². The second-order valence-electron chi connectivity index (χ2n) is 2.83. The Labute approximate surface area is 55.8 Å². The van der Waals surface area contributed by atoms with Crippen molar-refractivity contribution in [1.82, 2.24) is 0 Å². The predicted octanol–water partition coefficient (Wildman–Crippen LogP) is 1.93. The summed E-state index contributed by atoms with van der Waals surface area (Å²) in [6.07, 6.45) is 3.79. The third-order valence-corrected chi connectivity index (χ3v) is 1.82. The van der Waals surface area contributed by atoms with E-state index in [2.05, 4.69) is 6.08 Å². The van der Waals surface area contributed by atoms with Gasteiger partial charge in [-0.1, -0.05) is 18.6 Å². The second kappa shape index (κ2) is 2.34. The zero-order valence-electron chi connectivity index (χ0n) is 5.98. The lowest BCUT2D eigenvalue weighted by Crippen LogP contribution is -2.14. The lowest BCUT2D eigenvalue weighted by molar-refractivity contribution is -0.121. The van der Waals surface area contributed by atoms with Gasteiger partial charge in [0.1, 0.15) is 5.78 Å². The zero-order valence-corrected chi connectivity index (χ0v) is 5.98. The summed E-state index contributed by atoms with van der Waals surface area (Å²) in [4.78, 5) is 11.0. The van der Waals surface area contributed by atoms with E-state index in [1.54, 1.807) is 0 Å². The van der Waals surface area contributed by atoms with E-state index < -0.39 is 0 Å². The average molecular weight is 124 g/mol. The first kappa shape index (κ1) is 6.53. The Balaban J connectivity index is 2.65. The number of carbonyl (C=O) groups excluding carboxylic acids is 1. The zero-order chi connectivity index (χ0) is 6.85. The molecule has 1 rings (SSSR count). The highest BCUT2D eigenvalue weighted by atomic mass is 16.1. The molecule has 1 aliphatic carbocycles. The van der Waals surface area contributed by atoms with E-state index in [4.69, 9.17) is 0 Å². The first-order chi connectivity index (χ1) is 4.20. The van der Waals surface area contributed by atoms with Gasteiger partial charge in [0, 0.05) is 12.3 Å². The summed E-state index contributed by atoms with van der Waals surface area (Å²) < 4.78 is 0. The van der Waals surface area contributed by atoms with E-state index in [-0.39, 0.29) is 5.92 Å². The van der Waals surface area contributed by atoms with Crippen LogP contribution >= 0.6 is 0 Å². The molecule has 0 aliphatic heterocycles. The van der Waals surface area contributed by atoms with Gasteiger partial charge in [0.05, 0.1) is 0 Å². The maximum Gasteiger partial charge on any atom is 0.140 e. The molecule has 0 heterocycles. The number of Topliss-reactive ketones (excluding diaryl/α,β-unsaturated/α-hetero) is 1. The Morgan fingerprint density at radius 3 is 2.78 bits per heavy atom. The van der Waals surface area contributed by atoms with Crippen LogP contribution < -0.4 is 0 Å². The van der Waals surface area contributed by atoms with Crippen molar-refractivity contribution in [1.29, 1.82) is 0 Å². The van der Waals surface area contributed by atoms with Gasteiger partial charge < -0.3 is 0 Å². The third-order valence-electron chi connectivity index (χ3n) is 1.82. The van der Waals surface area contributed by atoms with E-state index in [1.165, 1.54) is 5.57 Å². The fourth-order valence-corrected chi connectivity index (χ4v) is 1.03. The van der Waals surface area contributed by atoms with Crippen molar-refractivity contribution in [2.24, 2.45) is 5.92 Å². The molecule has 1 nitrogen and oxygen atoms in total. The van der Waals surface area contributed by atoms with Crippen LogP contribution in [0.4, 0.5) is 0 Å². The summed E-state index contributed by atoms with van der Waals surface area (Å²) in [6.45, 7) is 4.01. The minimum atomic E-state index is 0.272. The number of rotatable bonds is 0. The summed E-state index contributed by atoms with van der Waals surface area (Å²) in [5.41, 5.74) is 1.23. The molecule has 0 radical (unpaired) electrons. The fourth-order valence-electron chi connectivity index (χ4n) is 1.03. The molecule has 1 heteroatoms. The van der Waals surface area contributed by atoms with Crippen LogP contribution in [0.2, 0.25) is 0 Å². The van der Waals surface area contributed by atoms with E-state index in [9.17, 15) is 4.79 Å². The van der Waals surface area contributed by atoms with Gasteiger partial charge in [-0.2, -0.15) is 0 Å². The van der Waals surface area contributed by atoms with Crippen LogP contribution in [-0.2, 0) is 4.79 Å². The van der Waals surface area contributed by atoms with Crippen molar-refractivity contribution < 1.29 is 4.79 Å². The molecule has 0 aromatic rings. The van der Waals surface area contributed by atoms with Crippen molar-refractivity contribution in [3.05, 3.63) is 11.6 Å². The molecule has 50 valence electrons. The molecular weight excluding hydrogens is 112 g/mol. The molecule has 0 fully saturated rings. The maximum absolute atomic E-state index is 11.0. The Morgan fingerprint density at radius 1 is 1.67 bits per heavy atom. The van der Waals surface area contributed by atoms with E-state index >= 15 is 0 Å². The first-order valence-corrected chi connectivity index (χ1v) is 3.38. The van der Waals surface area contributed by atoms with Gasteiger partial charge in [-0.25, -0.2) is 0 Å². The van der Waals surface area contributed by atoms with Gasteiger partial charge in [-0.05, 0) is 13.3 Å². The highest BCUT2D eigenvalue weighted by Crippen LogP contribution is 2.18. The molecule has 0 saturated heterocycles. The van der Waals surface area contributed by atoms with Crippen LogP contribution in [0.25, 0.3) is 0 Å². The predicted molar refractivity (Wildman–Crippen MR) is 37.2 cm³/mol. The minimum absolute atomic E-state index is 0.272. The lowest BCUT2D eigenvalue weighted by atomic mass is 9.91. The Hall–Kier alpha value is -0.590. The fraction of sp³-hybridized carbons (Fsp3) is 0.625. The molecule has 0 spiro atoms. The summed E-state index contributed by atoms with van der Waals surface area (Å²) in [6, 6.07) is 0. The van der Waals surface area contributed by atoms with E-state index in [0.717, 1.165) is 6.42 Å². The van der Waals surface area contributed by atoms with Crippen molar-refractivity contribution >= 4 is 5.78 Å². The molecule has 0 aromatic heterocycles. The van der Waals surface area contributed by atoms with Crippen LogP contribution in [0, 0.1) is 5.92 Å².